The standard InChI is InChI=1S/C22H30N2O4S/c1-5-24(29(26,27)6-2)19-13-11-18(12-14-19)22(25)23-15-16-28-21-10-8-7-9-20(21)17(3)4/h7-14,17H,5-6,15-16H2,1-4H3,(H,23,25). The van der Waals surface area contributed by atoms with E-state index in [4.69, 9.17) is 4.74 Å². The van der Waals surface area contributed by atoms with Gasteiger partial charge in [-0.25, -0.2) is 8.42 Å². The first-order valence-electron chi connectivity index (χ1n) is 9.90. The van der Waals surface area contributed by atoms with Crippen LogP contribution in [0.4, 0.5) is 5.69 Å². The average Bonchev–Trinajstić information content (AvgIpc) is 2.72. The van der Waals surface area contributed by atoms with Gasteiger partial charge in [0, 0.05) is 12.1 Å². The predicted molar refractivity (Wildman–Crippen MR) is 117 cm³/mol. The number of rotatable bonds is 10. The Hall–Kier alpha value is -2.54. The van der Waals surface area contributed by atoms with Crippen molar-refractivity contribution in [3.05, 3.63) is 59.7 Å². The average molecular weight is 419 g/mol. The van der Waals surface area contributed by atoms with Crippen LogP contribution in [0.3, 0.4) is 0 Å². The van der Waals surface area contributed by atoms with Gasteiger partial charge in [0.1, 0.15) is 12.4 Å². The zero-order valence-electron chi connectivity index (χ0n) is 17.5. The molecule has 0 atom stereocenters. The van der Waals surface area contributed by atoms with Crippen molar-refractivity contribution in [3.63, 3.8) is 0 Å². The highest BCUT2D eigenvalue weighted by Gasteiger charge is 2.19. The van der Waals surface area contributed by atoms with E-state index in [1.54, 1.807) is 38.1 Å². The van der Waals surface area contributed by atoms with Crippen LogP contribution in [0.2, 0.25) is 0 Å². The largest absolute Gasteiger partial charge is 0.491 e. The zero-order chi connectivity index (χ0) is 21.4. The number of nitrogens with one attached hydrogen (secondary N) is 1. The molecule has 29 heavy (non-hydrogen) atoms. The van der Waals surface area contributed by atoms with Crippen molar-refractivity contribution in [1.29, 1.82) is 0 Å². The molecule has 2 aromatic carbocycles. The van der Waals surface area contributed by atoms with Gasteiger partial charge in [-0.2, -0.15) is 0 Å². The van der Waals surface area contributed by atoms with Crippen LogP contribution in [0.1, 0.15) is 49.5 Å². The maximum absolute atomic E-state index is 12.3. The first-order chi connectivity index (χ1) is 13.8. The monoisotopic (exact) mass is 418 g/mol. The fourth-order valence-electron chi connectivity index (χ4n) is 2.99. The molecule has 0 bridgehead atoms. The van der Waals surface area contributed by atoms with Crippen molar-refractivity contribution in [2.75, 3.05) is 29.8 Å². The van der Waals surface area contributed by atoms with Crippen LogP contribution in [0.15, 0.2) is 48.5 Å². The number of anilines is 1. The number of para-hydroxylation sites is 1. The van der Waals surface area contributed by atoms with E-state index in [0.29, 0.717) is 36.9 Å². The minimum absolute atomic E-state index is 0.0308. The second-order valence-electron chi connectivity index (χ2n) is 6.91. The Kier molecular flexibility index (Phi) is 8.08. The third-order valence-electron chi connectivity index (χ3n) is 4.59. The summed E-state index contributed by atoms with van der Waals surface area (Å²) in [4.78, 5) is 12.3. The van der Waals surface area contributed by atoms with Gasteiger partial charge >= 0.3 is 0 Å². The van der Waals surface area contributed by atoms with Crippen LogP contribution < -0.4 is 14.4 Å². The quantitative estimate of drug-likeness (QED) is 0.596. The molecular weight excluding hydrogens is 388 g/mol. The molecule has 6 nitrogen and oxygen atoms in total. The third kappa shape index (κ3) is 5.97. The number of hydrogen-bond acceptors (Lipinski definition) is 4. The Morgan fingerprint density at radius 3 is 2.31 bits per heavy atom. The van der Waals surface area contributed by atoms with Crippen molar-refractivity contribution >= 4 is 21.6 Å². The maximum atomic E-state index is 12.3. The molecule has 7 heteroatoms. The molecule has 158 valence electrons. The highest BCUT2D eigenvalue weighted by atomic mass is 32.2. The molecule has 0 radical (unpaired) electrons. The highest BCUT2D eigenvalue weighted by molar-refractivity contribution is 7.92. The summed E-state index contributed by atoms with van der Waals surface area (Å²) in [6.45, 7) is 8.70. The number of amides is 1. The van der Waals surface area contributed by atoms with Crippen LogP contribution >= 0.6 is 0 Å². The van der Waals surface area contributed by atoms with E-state index in [-0.39, 0.29) is 11.7 Å². The third-order valence-corrected chi connectivity index (χ3v) is 6.46. The molecule has 0 aromatic heterocycles. The predicted octanol–water partition coefficient (Wildman–Crippen LogP) is 3.79. The summed E-state index contributed by atoms with van der Waals surface area (Å²) in [7, 11) is -3.33. The van der Waals surface area contributed by atoms with Gasteiger partial charge in [-0.15, -0.1) is 0 Å². The molecule has 0 aliphatic carbocycles. The lowest BCUT2D eigenvalue weighted by Gasteiger charge is -2.22. The fraction of sp³-hybridized carbons (Fsp3) is 0.409. The summed E-state index contributed by atoms with van der Waals surface area (Å²) in [6, 6.07) is 14.5. The number of benzene rings is 2. The first-order valence-corrected chi connectivity index (χ1v) is 11.5. The number of nitrogens with zero attached hydrogens (tertiary/aromatic N) is 1. The molecular formula is C22H30N2O4S. The lowest BCUT2D eigenvalue weighted by atomic mass is 10.0. The Morgan fingerprint density at radius 2 is 1.72 bits per heavy atom. The molecule has 0 heterocycles. The molecule has 0 saturated heterocycles. The Bertz CT molecular complexity index is 909. The summed E-state index contributed by atoms with van der Waals surface area (Å²) >= 11 is 0. The summed E-state index contributed by atoms with van der Waals surface area (Å²) in [5.74, 6) is 0.998. The van der Waals surface area contributed by atoms with Gasteiger partial charge in [0.25, 0.3) is 5.91 Å². The summed E-state index contributed by atoms with van der Waals surface area (Å²) < 4.78 is 31.4. The first kappa shape index (κ1) is 22.7. The molecule has 2 rings (SSSR count). The van der Waals surface area contributed by atoms with E-state index in [0.717, 1.165) is 11.3 Å². The second-order valence-corrected chi connectivity index (χ2v) is 9.09. The Balaban J connectivity index is 1.92. The molecule has 1 N–H and O–H groups in total. The van der Waals surface area contributed by atoms with E-state index >= 15 is 0 Å². The van der Waals surface area contributed by atoms with Gasteiger partial charge in [0.2, 0.25) is 10.0 Å². The Labute approximate surface area is 173 Å². The Morgan fingerprint density at radius 1 is 1.07 bits per heavy atom. The lowest BCUT2D eigenvalue weighted by Crippen LogP contribution is -2.32. The fourth-order valence-corrected chi connectivity index (χ4v) is 4.14. The molecule has 0 aliphatic heterocycles. The molecule has 0 fully saturated rings. The van der Waals surface area contributed by atoms with Gasteiger partial charge in [-0.3, -0.25) is 9.10 Å². The van der Waals surface area contributed by atoms with Crippen LogP contribution in [-0.2, 0) is 10.0 Å². The van der Waals surface area contributed by atoms with Crippen LogP contribution in [0.25, 0.3) is 0 Å². The van der Waals surface area contributed by atoms with E-state index in [9.17, 15) is 13.2 Å². The van der Waals surface area contributed by atoms with Gasteiger partial charge in [0.15, 0.2) is 0 Å². The van der Waals surface area contributed by atoms with E-state index in [1.807, 2.05) is 24.3 Å². The van der Waals surface area contributed by atoms with E-state index < -0.39 is 10.0 Å². The number of hydrogen-bond donors (Lipinski definition) is 1. The number of ether oxygens (including phenoxy) is 1. The van der Waals surface area contributed by atoms with Gasteiger partial charge < -0.3 is 10.1 Å². The normalized spacial score (nSPS) is 11.3. The SMILES string of the molecule is CCN(c1ccc(C(=O)NCCOc2ccccc2C(C)C)cc1)S(=O)(=O)CC. The van der Waals surface area contributed by atoms with Gasteiger partial charge in [0.05, 0.1) is 18.0 Å². The summed E-state index contributed by atoms with van der Waals surface area (Å²) in [6.07, 6.45) is 0. The van der Waals surface area contributed by atoms with Crippen molar-refractivity contribution in [2.45, 2.75) is 33.6 Å². The van der Waals surface area contributed by atoms with E-state index in [2.05, 4.69) is 19.2 Å². The molecule has 0 aliphatic rings. The minimum atomic E-state index is -3.33. The van der Waals surface area contributed by atoms with Crippen molar-refractivity contribution in [3.8, 4) is 5.75 Å². The van der Waals surface area contributed by atoms with Gasteiger partial charge in [-0.1, -0.05) is 32.0 Å². The smallest absolute Gasteiger partial charge is 0.251 e. The highest BCUT2D eigenvalue weighted by Crippen LogP contribution is 2.25. The summed E-state index contributed by atoms with van der Waals surface area (Å²) in [5, 5.41) is 2.83. The maximum Gasteiger partial charge on any atom is 0.251 e. The molecule has 0 saturated carbocycles. The lowest BCUT2D eigenvalue weighted by molar-refractivity contribution is 0.0947. The molecule has 0 spiro atoms. The van der Waals surface area contributed by atoms with Crippen LogP contribution in [0.5, 0.6) is 5.75 Å². The molecule has 0 unspecified atom stereocenters. The van der Waals surface area contributed by atoms with Crippen molar-refractivity contribution < 1.29 is 17.9 Å². The van der Waals surface area contributed by atoms with Crippen molar-refractivity contribution in [1.82, 2.24) is 5.32 Å². The molecule has 1 amide bonds. The number of carbonyl (C=O) groups excluding carboxylic acids is 1. The minimum Gasteiger partial charge on any atom is -0.491 e. The van der Waals surface area contributed by atoms with Crippen molar-refractivity contribution in [2.24, 2.45) is 0 Å². The summed E-state index contributed by atoms with van der Waals surface area (Å²) in [5.41, 5.74) is 2.16. The van der Waals surface area contributed by atoms with Crippen LogP contribution in [0, 0.1) is 0 Å². The molecule has 2 aromatic rings. The number of sulfonamides is 1. The van der Waals surface area contributed by atoms with Gasteiger partial charge in [-0.05, 0) is 55.7 Å². The van der Waals surface area contributed by atoms with E-state index in [1.165, 1.54) is 4.31 Å². The topological polar surface area (TPSA) is 75.7 Å². The second kappa shape index (κ2) is 10.3. The number of carbonyl (C=O) groups is 1. The van der Waals surface area contributed by atoms with Crippen LogP contribution in [-0.4, -0.2) is 39.8 Å². The zero-order valence-corrected chi connectivity index (χ0v) is 18.3.